The van der Waals surface area contributed by atoms with Gasteiger partial charge >= 0.3 is 0 Å². The Bertz CT molecular complexity index is 803. The van der Waals surface area contributed by atoms with Gasteiger partial charge in [0.2, 0.25) is 0 Å². The lowest BCUT2D eigenvalue weighted by molar-refractivity contribution is 0.261. The van der Waals surface area contributed by atoms with Crippen molar-refractivity contribution in [3.05, 3.63) is 53.8 Å². The molecule has 2 heterocycles. The summed E-state index contributed by atoms with van der Waals surface area (Å²) < 4.78 is 25.2. The van der Waals surface area contributed by atoms with Crippen molar-refractivity contribution in [3.8, 4) is 0 Å². The molecule has 0 aromatic heterocycles. The quantitative estimate of drug-likeness (QED) is 0.823. The maximum atomic E-state index is 13.1. The zero-order chi connectivity index (χ0) is 18.1. The fourth-order valence-corrected chi connectivity index (χ4v) is 5.07. The highest BCUT2D eigenvalue weighted by Crippen LogP contribution is 2.31. The molecule has 6 heteroatoms. The maximum absolute atomic E-state index is 13.1. The summed E-state index contributed by atoms with van der Waals surface area (Å²) in [5, 5.41) is 0. The van der Waals surface area contributed by atoms with E-state index in [0.717, 1.165) is 55.4 Å². The zero-order valence-electron chi connectivity index (χ0n) is 15.0. The number of anilines is 2. The van der Waals surface area contributed by atoms with E-state index in [-0.39, 0.29) is 5.82 Å². The predicted molar refractivity (Wildman–Crippen MR) is 105 cm³/mol. The first-order valence-corrected chi connectivity index (χ1v) is 10.4. The van der Waals surface area contributed by atoms with E-state index in [9.17, 15) is 8.60 Å². The lowest BCUT2D eigenvalue weighted by Crippen LogP contribution is -2.47. The topological polar surface area (TPSA) is 26.8 Å². The van der Waals surface area contributed by atoms with Crippen LogP contribution in [0.4, 0.5) is 15.8 Å². The van der Waals surface area contributed by atoms with E-state index in [1.165, 1.54) is 17.7 Å². The molecule has 0 amide bonds. The van der Waals surface area contributed by atoms with Crippen molar-refractivity contribution >= 4 is 22.2 Å². The summed E-state index contributed by atoms with van der Waals surface area (Å²) in [6, 6.07) is 13.1. The molecule has 26 heavy (non-hydrogen) atoms. The third-order valence-electron chi connectivity index (χ3n) is 5.27. The SMILES string of the molecule is CN1CS(=O)c2cc(CCN3CCN(c4ccc(F)cc4)CC3)ccc21. The second-order valence-electron chi connectivity index (χ2n) is 7.03. The van der Waals surface area contributed by atoms with Crippen LogP contribution < -0.4 is 9.80 Å². The lowest BCUT2D eigenvalue weighted by Gasteiger charge is -2.36. The summed E-state index contributed by atoms with van der Waals surface area (Å²) in [7, 11) is 1.09. The van der Waals surface area contributed by atoms with Crippen molar-refractivity contribution in [3.63, 3.8) is 0 Å². The summed E-state index contributed by atoms with van der Waals surface area (Å²) in [5.74, 6) is 0.415. The number of rotatable bonds is 4. The molecule has 0 bridgehead atoms. The highest BCUT2D eigenvalue weighted by atomic mass is 32.2. The van der Waals surface area contributed by atoms with Crippen molar-refractivity contribution in [1.29, 1.82) is 0 Å². The first-order valence-electron chi connectivity index (χ1n) is 9.05. The van der Waals surface area contributed by atoms with E-state index >= 15 is 0 Å². The average molecular weight is 373 g/mol. The molecular weight excluding hydrogens is 349 g/mol. The third kappa shape index (κ3) is 3.62. The largest absolute Gasteiger partial charge is 0.369 e. The van der Waals surface area contributed by atoms with Crippen LogP contribution >= 0.6 is 0 Å². The summed E-state index contributed by atoms with van der Waals surface area (Å²) in [5.41, 5.74) is 3.45. The maximum Gasteiger partial charge on any atom is 0.123 e. The molecule has 0 aliphatic carbocycles. The number of piperazine rings is 1. The highest BCUT2D eigenvalue weighted by molar-refractivity contribution is 7.85. The van der Waals surface area contributed by atoms with Gasteiger partial charge in [-0.05, 0) is 48.4 Å². The van der Waals surface area contributed by atoms with Gasteiger partial charge in [0.1, 0.15) is 5.82 Å². The standard InChI is InChI=1S/C20H24FN3OS/c1-22-15-26(25)20-14-16(2-7-19(20)22)8-9-23-10-12-24(13-11-23)18-5-3-17(21)4-6-18/h2-7,14H,8-13,15H2,1H3. The monoisotopic (exact) mass is 373 g/mol. The Labute approximate surface area is 156 Å². The van der Waals surface area contributed by atoms with E-state index in [1.54, 1.807) is 0 Å². The second kappa shape index (κ2) is 7.37. The van der Waals surface area contributed by atoms with Crippen LogP contribution in [0.3, 0.4) is 0 Å². The van der Waals surface area contributed by atoms with Crippen molar-refractivity contribution in [1.82, 2.24) is 4.90 Å². The Morgan fingerprint density at radius 1 is 1.04 bits per heavy atom. The molecule has 2 aliphatic heterocycles. The van der Waals surface area contributed by atoms with E-state index in [0.29, 0.717) is 5.88 Å². The molecule has 138 valence electrons. The van der Waals surface area contributed by atoms with Gasteiger partial charge in [0.25, 0.3) is 0 Å². The van der Waals surface area contributed by atoms with Gasteiger partial charge in [0.05, 0.1) is 27.3 Å². The van der Waals surface area contributed by atoms with Gasteiger partial charge in [0.15, 0.2) is 0 Å². The summed E-state index contributed by atoms with van der Waals surface area (Å²) >= 11 is 0. The molecule has 0 saturated carbocycles. The lowest BCUT2D eigenvalue weighted by atomic mass is 10.1. The third-order valence-corrected chi connectivity index (χ3v) is 6.71. The number of benzene rings is 2. The molecule has 0 spiro atoms. The average Bonchev–Trinajstić information content (AvgIpc) is 2.95. The van der Waals surface area contributed by atoms with Gasteiger partial charge in [-0.2, -0.15) is 0 Å². The Kier molecular flexibility index (Phi) is 4.96. The van der Waals surface area contributed by atoms with Gasteiger partial charge in [-0.1, -0.05) is 6.07 Å². The Morgan fingerprint density at radius 3 is 2.50 bits per heavy atom. The van der Waals surface area contributed by atoms with Crippen LogP contribution in [0.25, 0.3) is 0 Å². The molecule has 1 fully saturated rings. The number of hydrogen-bond acceptors (Lipinski definition) is 4. The van der Waals surface area contributed by atoms with Crippen LogP contribution in [0.1, 0.15) is 5.56 Å². The van der Waals surface area contributed by atoms with Crippen molar-refractivity contribution in [2.24, 2.45) is 0 Å². The molecule has 1 saturated heterocycles. The van der Waals surface area contributed by atoms with Crippen LogP contribution in [-0.4, -0.2) is 54.8 Å². The first kappa shape index (κ1) is 17.5. The number of nitrogens with zero attached hydrogens (tertiary/aromatic N) is 3. The van der Waals surface area contributed by atoms with Crippen LogP contribution in [0.15, 0.2) is 47.4 Å². The van der Waals surface area contributed by atoms with Gasteiger partial charge in [-0.15, -0.1) is 0 Å². The van der Waals surface area contributed by atoms with Crippen molar-refractivity contribution in [2.45, 2.75) is 11.3 Å². The molecule has 1 atom stereocenters. The molecule has 2 aromatic carbocycles. The fraction of sp³-hybridized carbons (Fsp3) is 0.400. The van der Waals surface area contributed by atoms with E-state index in [4.69, 9.17) is 0 Å². The van der Waals surface area contributed by atoms with Crippen LogP contribution in [0.2, 0.25) is 0 Å². The van der Waals surface area contributed by atoms with Crippen LogP contribution in [0.5, 0.6) is 0 Å². The Hall–Kier alpha value is -1.92. The predicted octanol–water partition coefficient (Wildman–Crippen LogP) is 2.71. The fourth-order valence-electron chi connectivity index (χ4n) is 3.70. The van der Waals surface area contributed by atoms with Gasteiger partial charge < -0.3 is 9.80 Å². The summed E-state index contributed by atoms with van der Waals surface area (Å²) in [6.45, 7) is 4.96. The smallest absolute Gasteiger partial charge is 0.123 e. The molecule has 0 radical (unpaired) electrons. The van der Waals surface area contributed by atoms with E-state index in [2.05, 4.69) is 32.9 Å². The van der Waals surface area contributed by atoms with Gasteiger partial charge in [0, 0.05) is 45.5 Å². The first-order chi connectivity index (χ1) is 12.6. The van der Waals surface area contributed by atoms with Crippen molar-refractivity contribution in [2.75, 3.05) is 55.4 Å². The van der Waals surface area contributed by atoms with Crippen LogP contribution in [-0.2, 0) is 17.2 Å². The van der Waals surface area contributed by atoms with Gasteiger partial charge in [-0.25, -0.2) is 4.39 Å². The molecule has 0 N–H and O–H groups in total. The zero-order valence-corrected chi connectivity index (χ0v) is 15.8. The Morgan fingerprint density at radius 2 is 1.77 bits per heavy atom. The van der Waals surface area contributed by atoms with E-state index < -0.39 is 10.8 Å². The number of halogens is 1. The van der Waals surface area contributed by atoms with Gasteiger partial charge in [-0.3, -0.25) is 9.11 Å². The minimum atomic E-state index is -0.895. The molecular formula is C20H24FN3OS. The van der Waals surface area contributed by atoms with E-state index in [1.807, 2.05) is 19.2 Å². The molecule has 1 unspecified atom stereocenters. The summed E-state index contributed by atoms with van der Waals surface area (Å²) in [4.78, 5) is 7.82. The molecule has 2 aliphatic rings. The minimum absolute atomic E-state index is 0.186. The summed E-state index contributed by atoms with van der Waals surface area (Å²) in [6.07, 6.45) is 0.977. The molecule has 2 aromatic rings. The minimum Gasteiger partial charge on any atom is -0.369 e. The van der Waals surface area contributed by atoms with Crippen molar-refractivity contribution < 1.29 is 8.60 Å². The number of hydrogen-bond donors (Lipinski definition) is 0. The number of fused-ring (bicyclic) bond motifs is 1. The van der Waals surface area contributed by atoms with Crippen LogP contribution in [0, 0.1) is 5.82 Å². The highest BCUT2D eigenvalue weighted by Gasteiger charge is 2.23. The normalized spacial score (nSPS) is 20.5. The second-order valence-corrected chi connectivity index (χ2v) is 8.42. The molecule has 4 rings (SSSR count). The Balaban J connectivity index is 1.31. The molecule has 4 nitrogen and oxygen atoms in total.